The molecule has 0 aromatic rings. The highest BCUT2D eigenvalue weighted by atomic mass is 16.7. The van der Waals surface area contributed by atoms with Gasteiger partial charge in [-0.1, -0.05) is 6.92 Å². The van der Waals surface area contributed by atoms with Crippen molar-refractivity contribution < 1.29 is 38.8 Å². The molecule has 2 fully saturated rings. The van der Waals surface area contributed by atoms with E-state index in [0.29, 0.717) is 32.1 Å². The Kier molecular flexibility index (Phi) is 8.41. The second-order valence-corrected chi connectivity index (χ2v) is 9.97. The van der Waals surface area contributed by atoms with E-state index in [1.807, 2.05) is 20.8 Å². The zero-order valence-electron chi connectivity index (χ0n) is 19.6. The van der Waals surface area contributed by atoms with E-state index in [1.165, 1.54) is 6.92 Å². The van der Waals surface area contributed by atoms with E-state index in [2.05, 4.69) is 0 Å². The Bertz CT molecular complexity index is 674. The molecular formula is C23H38O8. The second-order valence-electron chi connectivity index (χ2n) is 9.97. The van der Waals surface area contributed by atoms with Gasteiger partial charge in [-0.25, -0.2) is 0 Å². The Labute approximate surface area is 184 Å². The highest BCUT2D eigenvalue weighted by Gasteiger charge is 2.50. The maximum atomic E-state index is 13.0. The Morgan fingerprint density at radius 3 is 2.42 bits per heavy atom. The summed E-state index contributed by atoms with van der Waals surface area (Å²) in [4.78, 5) is 35.7. The van der Waals surface area contributed by atoms with Crippen molar-refractivity contribution in [3.63, 3.8) is 0 Å². The lowest BCUT2D eigenvalue weighted by Crippen LogP contribution is -2.60. The number of hydrogen-bond donors (Lipinski definition) is 2. The van der Waals surface area contributed by atoms with Crippen LogP contribution in [0.3, 0.4) is 0 Å². The fourth-order valence-corrected chi connectivity index (χ4v) is 4.60. The molecule has 1 heterocycles. The van der Waals surface area contributed by atoms with E-state index in [4.69, 9.17) is 14.2 Å². The van der Waals surface area contributed by atoms with Crippen LogP contribution in [0.15, 0.2) is 0 Å². The molecule has 0 radical (unpaired) electrons. The van der Waals surface area contributed by atoms with E-state index in [-0.39, 0.29) is 17.5 Å². The Balaban J connectivity index is 2.06. The maximum absolute atomic E-state index is 13.0. The van der Waals surface area contributed by atoms with Crippen molar-refractivity contribution in [2.45, 2.75) is 116 Å². The summed E-state index contributed by atoms with van der Waals surface area (Å²) < 4.78 is 17.1. The number of carbonyl (C=O) groups is 3. The molecule has 1 aliphatic carbocycles. The topological polar surface area (TPSA) is 119 Å². The van der Waals surface area contributed by atoms with Crippen LogP contribution >= 0.6 is 0 Å². The molecule has 178 valence electrons. The van der Waals surface area contributed by atoms with Gasteiger partial charge >= 0.3 is 5.97 Å². The first-order valence-electron chi connectivity index (χ1n) is 11.2. The SMILES string of the molecule is CC(=O)CCC[C@]1(C)CC[C@H](C(C)(C)O[C@@H]2O[C@H](C)[C@H](O)[C@H](O)[C@H]2OC(C)=O)CC1=O. The van der Waals surface area contributed by atoms with Gasteiger partial charge in [-0.05, 0) is 59.3 Å². The minimum Gasteiger partial charge on any atom is -0.454 e. The van der Waals surface area contributed by atoms with Crippen LogP contribution in [0.4, 0.5) is 0 Å². The third kappa shape index (κ3) is 6.34. The molecule has 8 nitrogen and oxygen atoms in total. The van der Waals surface area contributed by atoms with Gasteiger partial charge in [-0.3, -0.25) is 9.59 Å². The molecule has 0 amide bonds. The molecule has 2 aliphatic rings. The number of esters is 1. The number of aliphatic hydroxyl groups excluding tert-OH is 2. The van der Waals surface area contributed by atoms with Gasteiger partial charge in [0.15, 0.2) is 12.4 Å². The first-order valence-corrected chi connectivity index (χ1v) is 11.2. The monoisotopic (exact) mass is 442 g/mol. The average molecular weight is 443 g/mol. The van der Waals surface area contributed by atoms with E-state index in [1.54, 1.807) is 13.8 Å². The van der Waals surface area contributed by atoms with Gasteiger partial charge in [0.25, 0.3) is 0 Å². The Hall–Kier alpha value is -1.35. The summed E-state index contributed by atoms with van der Waals surface area (Å²) in [5.41, 5.74) is -1.22. The molecule has 8 heteroatoms. The first-order chi connectivity index (χ1) is 14.3. The molecule has 0 spiro atoms. The van der Waals surface area contributed by atoms with Crippen molar-refractivity contribution in [1.29, 1.82) is 0 Å². The summed E-state index contributed by atoms with van der Waals surface area (Å²) in [7, 11) is 0. The quantitative estimate of drug-likeness (QED) is 0.550. The number of Topliss-reactive ketones (excluding diaryl/α,β-unsaturated/α-hetero) is 2. The largest absolute Gasteiger partial charge is 0.454 e. The van der Waals surface area contributed by atoms with Gasteiger partial charge in [0.2, 0.25) is 0 Å². The van der Waals surface area contributed by atoms with Crippen LogP contribution in [0.1, 0.15) is 80.1 Å². The van der Waals surface area contributed by atoms with Crippen molar-refractivity contribution in [1.82, 2.24) is 0 Å². The predicted molar refractivity (Wildman–Crippen MR) is 112 cm³/mol. The minimum atomic E-state index is -1.34. The van der Waals surface area contributed by atoms with Gasteiger partial charge in [0.1, 0.15) is 23.8 Å². The van der Waals surface area contributed by atoms with Crippen LogP contribution in [-0.4, -0.2) is 64.1 Å². The van der Waals surface area contributed by atoms with Gasteiger partial charge in [-0.15, -0.1) is 0 Å². The molecule has 0 bridgehead atoms. The number of carbonyl (C=O) groups excluding carboxylic acids is 3. The fourth-order valence-electron chi connectivity index (χ4n) is 4.60. The smallest absolute Gasteiger partial charge is 0.303 e. The number of rotatable bonds is 8. The van der Waals surface area contributed by atoms with E-state index in [9.17, 15) is 24.6 Å². The zero-order valence-corrected chi connectivity index (χ0v) is 19.6. The fraction of sp³-hybridized carbons (Fsp3) is 0.870. The molecule has 1 aliphatic heterocycles. The normalized spacial score (nSPS) is 36.8. The van der Waals surface area contributed by atoms with Crippen molar-refractivity contribution in [2.75, 3.05) is 0 Å². The first kappa shape index (κ1) is 25.9. The summed E-state index contributed by atoms with van der Waals surface area (Å²) in [6.45, 7) is 10.1. The van der Waals surface area contributed by atoms with Crippen molar-refractivity contribution in [3.05, 3.63) is 0 Å². The number of ether oxygens (including phenoxy) is 3. The molecular weight excluding hydrogens is 404 g/mol. The van der Waals surface area contributed by atoms with Crippen LogP contribution in [0, 0.1) is 11.3 Å². The molecule has 31 heavy (non-hydrogen) atoms. The van der Waals surface area contributed by atoms with Gasteiger partial charge in [-0.2, -0.15) is 0 Å². The van der Waals surface area contributed by atoms with Crippen molar-refractivity contribution in [3.8, 4) is 0 Å². The number of ketones is 2. The average Bonchev–Trinajstić information content (AvgIpc) is 2.64. The number of hydrogen-bond acceptors (Lipinski definition) is 8. The lowest BCUT2D eigenvalue weighted by atomic mass is 9.65. The van der Waals surface area contributed by atoms with Gasteiger partial charge in [0, 0.05) is 25.2 Å². The Morgan fingerprint density at radius 1 is 1.23 bits per heavy atom. The van der Waals surface area contributed by atoms with E-state index >= 15 is 0 Å². The van der Waals surface area contributed by atoms with E-state index < -0.39 is 47.7 Å². The molecule has 0 aromatic heterocycles. The van der Waals surface area contributed by atoms with Crippen LogP contribution in [0.2, 0.25) is 0 Å². The van der Waals surface area contributed by atoms with Crippen LogP contribution in [0.5, 0.6) is 0 Å². The highest BCUT2D eigenvalue weighted by molar-refractivity contribution is 5.85. The van der Waals surface area contributed by atoms with Gasteiger partial charge < -0.3 is 29.2 Å². The predicted octanol–water partition coefficient (Wildman–Crippen LogP) is 2.31. The van der Waals surface area contributed by atoms with Crippen LogP contribution in [-0.2, 0) is 28.6 Å². The summed E-state index contributed by atoms with van der Waals surface area (Å²) in [6.07, 6.45) is -1.78. The third-order valence-corrected chi connectivity index (χ3v) is 6.90. The van der Waals surface area contributed by atoms with Crippen molar-refractivity contribution in [2.24, 2.45) is 11.3 Å². The Morgan fingerprint density at radius 2 is 1.87 bits per heavy atom. The standard InChI is InChI=1S/C23H38O8/c1-13(24)8-7-10-23(6)11-9-16(12-17(23)26)22(4,5)31-21-20(30-15(3)25)19(28)18(27)14(2)29-21/h14,16,18-21,27-28H,7-12H2,1-6H3/t14-,16+,18+,19+,20-,21+,23-/m1/s1. The lowest BCUT2D eigenvalue weighted by molar-refractivity contribution is -0.324. The lowest BCUT2D eigenvalue weighted by Gasteiger charge is -2.47. The zero-order chi connectivity index (χ0) is 23.6. The van der Waals surface area contributed by atoms with Crippen LogP contribution in [0.25, 0.3) is 0 Å². The summed E-state index contributed by atoms with van der Waals surface area (Å²) in [5, 5.41) is 20.5. The van der Waals surface area contributed by atoms with Gasteiger partial charge in [0.05, 0.1) is 11.7 Å². The molecule has 0 unspecified atom stereocenters. The molecule has 1 saturated carbocycles. The molecule has 2 rings (SSSR count). The maximum Gasteiger partial charge on any atom is 0.303 e. The molecule has 7 atom stereocenters. The minimum absolute atomic E-state index is 0.0817. The molecule has 2 N–H and O–H groups in total. The van der Waals surface area contributed by atoms with Crippen molar-refractivity contribution >= 4 is 17.5 Å². The third-order valence-electron chi connectivity index (χ3n) is 6.90. The molecule has 0 aromatic carbocycles. The summed E-state index contributed by atoms with van der Waals surface area (Å²) >= 11 is 0. The van der Waals surface area contributed by atoms with Crippen LogP contribution < -0.4 is 0 Å². The second kappa shape index (κ2) is 10.1. The highest BCUT2D eigenvalue weighted by Crippen LogP contribution is 2.44. The molecule has 1 saturated heterocycles. The van der Waals surface area contributed by atoms with E-state index in [0.717, 1.165) is 6.42 Å². The summed E-state index contributed by atoms with van der Waals surface area (Å²) in [5.74, 6) is -0.402. The summed E-state index contributed by atoms with van der Waals surface area (Å²) in [6, 6.07) is 0. The number of aliphatic hydroxyl groups is 2.